The van der Waals surface area contributed by atoms with Crippen molar-refractivity contribution in [3.63, 3.8) is 0 Å². The van der Waals surface area contributed by atoms with Gasteiger partial charge in [0, 0.05) is 5.69 Å². The molecule has 1 aromatic carbocycles. The molecule has 4 N–H and O–H groups in total. The van der Waals surface area contributed by atoms with Gasteiger partial charge in [-0.3, -0.25) is 9.32 Å². The number of nitrogens with two attached hydrogens (primary N) is 1. The van der Waals surface area contributed by atoms with Gasteiger partial charge in [0.2, 0.25) is 15.9 Å². The minimum Gasteiger partial charge on any atom is -0.325 e. The summed E-state index contributed by atoms with van der Waals surface area (Å²) in [5.74, 6) is -0.313. The smallest absolute Gasteiger partial charge is 0.325 e. The van der Waals surface area contributed by atoms with Crippen LogP contribution in [-0.2, 0) is 21.9 Å². The summed E-state index contributed by atoms with van der Waals surface area (Å²) < 4.78 is 28.4. The Balaban J connectivity index is 2.11. The quantitative estimate of drug-likeness (QED) is 0.479. The van der Waals surface area contributed by atoms with E-state index in [1.807, 2.05) is 6.92 Å². The molecule has 9 nitrogen and oxygen atoms in total. The number of carbonyl (C=O) groups is 1. The van der Waals surface area contributed by atoms with Crippen molar-refractivity contribution in [1.29, 1.82) is 0 Å². The lowest BCUT2D eigenvalue weighted by Gasteiger charge is -2.12. The number of thioether (sulfide) groups is 1. The fraction of sp³-hybridized carbons (Fsp3) is 0.308. The first kappa shape index (κ1) is 18.2. The summed E-state index contributed by atoms with van der Waals surface area (Å²) in [6.45, 7) is 1.82. The van der Waals surface area contributed by atoms with Crippen molar-refractivity contribution in [2.75, 3.05) is 5.32 Å². The number of rotatable bonds is 6. The Labute approximate surface area is 142 Å². The van der Waals surface area contributed by atoms with E-state index in [0.717, 1.165) is 11.8 Å². The molecule has 0 radical (unpaired) electrons. The van der Waals surface area contributed by atoms with Crippen LogP contribution in [0.2, 0.25) is 0 Å². The number of sulfonamides is 1. The van der Waals surface area contributed by atoms with E-state index in [1.165, 1.54) is 28.9 Å². The third kappa shape index (κ3) is 4.24. The van der Waals surface area contributed by atoms with Gasteiger partial charge < -0.3 is 5.32 Å². The average molecular weight is 373 g/mol. The van der Waals surface area contributed by atoms with Crippen LogP contribution in [0.1, 0.15) is 13.3 Å². The fourth-order valence-electron chi connectivity index (χ4n) is 1.87. The van der Waals surface area contributed by atoms with E-state index in [1.54, 1.807) is 7.05 Å². The van der Waals surface area contributed by atoms with Crippen LogP contribution in [0.25, 0.3) is 0 Å². The molecule has 1 heterocycles. The number of H-pyrrole nitrogens is 1. The molecule has 2 rings (SSSR count). The van der Waals surface area contributed by atoms with Gasteiger partial charge in [-0.2, -0.15) is 0 Å². The summed E-state index contributed by atoms with van der Waals surface area (Å²) in [6, 6.07) is 5.50. The first-order chi connectivity index (χ1) is 11.2. The van der Waals surface area contributed by atoms with Gasteiger partial charge in [0.1, 0.15) is 0 Å². The van der Waals surface area contributed by atoms with Gasteiger partial charge in [0.15, 0.2) is 7.05 Å². The molecule has 1 unspecified atom stereocenters. The number of aromatic nitrogens is 2. The standard InChI is InChI=1S/C13H16N4O5S2/c1-3-10(23-12-13(19)22-16-17(12)2)11(18)15-8-4-6-9(7-5-8)24(14,20)21/h4-7,10H,3H2,1-2H3,(H3-,14,15,16,18,19,20,21)/p+1. The van der Waals surface area contributed by atoms with Crippen LogP contribution < -0.4 is 20.8 Å². The summed E-state index contributed by atoms with van der Waals surface area (Å²) in [4.78, 5) is 23.9. The van der Waals surface area contributed by atoms with Crippen LogP contribution in [0.15, 0.2) is 43.5 Å². The Morgan fingerprint density at radius 1 is 1.42 bits per heavy atom. The number of aromatic amines is 1. The van der Waals surface area contributed by atoms with Crippen LogP contribution in [0.5, 0.6) is 0 Å². The van der Waals surface area contributed by atoms with E-state index in [9.17, 15) is 18.0 Å². The number of hydrogen-bond acceptors (Lipinski definition) is 6. The number of nitrogens with zero attached hydrogens (tertiary/aromatic N) is 1. The van der Waals surface area contributed by atoms with E-state index in [-0.39, 0.29) is 15.8 Å². The Kier molecular flexibility index (Phi) is 5.47. The van der Waals surface area contributed by atoms with Crippen LogP contribution in [0.3, 0.4) is 0 Å². The number of carbonyl (C=O) groups excluding carboxylic acids is 1. The SMILES string of the molecule is CCC(Sc1c(=O)o[nH][n+]1C)C(=O)Nc1ccc(S(N)(=O)=O)cc1. The summed E-state index contributed by atoms with van der Waals surface area (Å²) >= 11 is 1.08. The highest BCUT2D eigenvalue weighted by molar-refractivity contribution is 8.00. The summed E-state index contributed by atoms with van der Waals surface area (Å²) in [5.41, 5.74) is -0.122. The minimum absolute atomic E-state index is 0.0427. The lowest BCUT2D eigenvalue weighted by molar-refractivity contribution is -0.772. The fourth-order valence-corrected chi connectivity index (χ4v) is 3.32. The number of amides is 1. The predicted octanol–water partition coefficient (Wildman–Crippen LogP) is -0.0508. The van der Waals surface area contributed by atoms with Crippen molar-refractivity contribution in [2.24, 2.45) is 12.2 Å². The Morgan fingerprint density at radius 3 is 2.50 bits per heavy atom. The zero-order chi connectivity index (χ0) is 17.9. The summed E-state index contributed by atoms with van der Waals surface area (Å²) in [5, 5.41) is 9.84. The Morgan fingerprint density at radius 2 is 2.04 bits per heavy atom. The van der Waals surface area contributed by atoms with Gasteiger partial charge in [-0.1, -0.05) is 11.6 Å². The molecule has 0 aliphatic heterocycles. The minimum atomic E-state index is -3.78. The maximum Gasteiger partial charge on any atom is 0.441 e. The number of benzene rings is 1. The first-order valence-corrected chi connectivity index (χ1v) is 9.33. The normalized spacial score (nSPS) is 12.8. The molecule has 1 amide bonds. The summed E-state index contributed by atoms with van der Waals surface area (Å²) in [6.07, 6.45) is 0.483. The molecular formula is C13H17N4O5S2+. The predicted molar refractivity (Wildman–Crippen MR) is 86.9 cm³/mol. The van der Waals surface area contributed by atoms with Crippen molar-refractivity contribution in [2.45, 2.75) is 28.5 Å². The lowest BCUT2D eigenvalue weighted by atomic mass is 10.3. The van der Waals surface area contributed by atoms with Crippen molar-refractivity contribution in [3.8, 4) is 0 Å². The topological polar surface area (TPSA) is 139 Å². The Bertz CT molecular complexity index is 886. The van der Waals surface area contributed by atoms with Gasteiger partial charge in [0.25, 0.3) is 0 Å². The van der Waals surface area contributed by atoms with Gasteiger partial charge in [-0.25, -0.2) is 18.4 Å². The molecule has 1 aromatic heterocycles. The number of aryl methyl sites for hydroxylation is 1. The van der Waals surface area contributed by atoms with E-state index in [0.29, 0.717) is 12.1 Å². The zero-order valence-corrected chi connectivity index (χ0v) is 14.6. The van der Waals surface area contributed by atoms with Gasteiger partial charge >= 0.3 is 10.7 Å². The van der Waals surface area contributed by atoms with E-state index >= 15 is 0 Å². The van der Waals surface area contributed by atoms with E-state index < -0.39 is 20.9 Å². The van der Waals surface area contributed by atoms with Crippen LogP contribution in [0, 0.1) is 0 Å². The maximum atomic E-state index is 12.3. The molecule has 0 bridgehead atoms. The van der Waals surface area contributed by atoms with Crippen molar-refractivity contribution in [1.82, 2.24) is 5.27 Å². The van der Waals surface area contributed by atoms with Crippen molar-refractivity contribution >= 4 is 33.4 Å². The molecule has 2 aromatic rings. The molecule has 0 aliphatic carbocycles. The first-order valence-electron chi connectivity index (χ1n) is 6.90. The Hall–Kier alpha value is -2.11. The molecule has 11 heteroatoms. The maximum absolute atomic E-state index is 12.3. The highest BCUT2D eigenvalue weighted by Crippen LogP contribution is 2.22. The summed E-state index contributed by atoms with van der Waals surface area (Å²) in [7, 11) is -2.18. The molecule has 130 valence electrons. The molecule has 0 aliphatic rings. The molecular weight excluding hydrogens is 356 g/mol. The molecule has 0 spiro atoms. The van der Waals surface area contributed by atoms with Gasteiger partial charge in [0.05, 0.1) is 10.1 Å². The highest BCUT2D eigenvalue weighted by atomic mass is 32.2. The molecule has 24 heavy (non-hydrogen) atoms. The molecule has 0 fully saturated rings. The van der Waals surface area contributed by atoms with Crippen molar-refractivity contribution in [3.05, 3.63) is 34.7 Å². The lowest BCUT2D eigenvalue weighted by Crippen LogP contribution is -2.35. The van der Waals surface area contributed by atoms with Gasteiger partial charge in [-0.15, -0.1) is 0 Å². The third-order valence-corrected chi connectivity index (χ3v) is 5.55. The van der Waals surface area contributed by atoms with Crippen LogP contribution in [0.4, 0.5) is 5.69 Å². The largest absolute Gasteiger partial charge is 0.441 e. The van der Waals surface area contributed by atoms with Crippen LogP contribution in [-0.4, -0.2) is 24.8 Å². The number of hydrogen-bond donors (Lipinski definition) is 3. The number of anilines is 1. The molecule has 1 atom stereocenters. The number of primary sulfonamides is 1. The van der Waals surface area contributed by atoms with Crippen LogP contribution >= 0.6 is 11.8 Å². The van der Waals surface area contributed by atoms with E-state index in [2.05, 4.69) is 15.1 Å². The monoisotopic (exact) mass is 373 g/mol. The second-order valence-corrected chi connectivity index (χ2v) is 7.67. The number of nitrogens with one attached hydrogen (secondary N) is 2. The third-order valence-electron chi connectivity index (χ3n) is 3.12. The van der Waals surface area contributed by atoms with E-state index in [4.69, 9.17) is 5.14 Å². The highest BCUT2D eigenvalue weighted by Gasteiger charge is 2.27. The average Bonchev–Trinajstić information content (AvgIpc) is 2.83. The molecule has 0 saturated heterocycles. The van der Waals surface area contributed by atoms with Gasteiger partial charge in [-0.05, 0) is 47.7 Å². The second-order valence-electron chi connectivity index (χ2n) is 4.92. The molecule has 0 saturated carbocycles. The second kappa shape index (κ2) is 7.20. The van der Waals surface area contributed by atoms with Crippen molar-refractivity contribution < 1.29 is 22.4 Å². The zero-order valence-electron chi connectivity index (χ0n) is 13.0.